The molecule has 4 rings (SSSR count). The third-order valence-corrected chi connectivity index (χ3v) is 5.68. The van der Waals surface area contributed by atoms with Crippen LogP contribution in [0.15, 0.2) is 22.9 Å². The molecule has 0 aliphatic carbocycles. The van der Waals surface area contributed by atoms with E-state index in [0.717, 1.165) is 42.2 Å². The number of pyridine rings is 1. The maximum atomic E-state index is 12.9. The Morgan fingerprint density at radius 2 is 2.15 bits per heavy atom. The average molecular weight is 370 g/mol. The fraction of sp³-hybridized carbons (Fsp3) is 0.550. The molecular formula is C20H26N4O3. The Labute approximate surface area is 159 Å². The minimum atomic E-state index is 0.0282. The summed E-state index contributed by atoms with van der Waals surface area (Å²) >= 11 is 0. The molecule has 0 spiro atoms. The van der Waals surface area contributed by atoms with Gasteiger partial charge in [0.05, 0.1) is 30.0 Å². The molecule has 0 saturated carbocycles. The average Bonchev–Trinajstić information content (AvgIpc) is 3.27. The van der Waals surface area contributed by atoms with Crippen molar-refractivity contribution in [3.8, 4) is 0 Å². The van der Waals surface area contributed by atoms with Gasteiger partial charge >= 0.3 is 0 Å². The van der Waals surface area contributed by atoms with Gasteiger partial charge in [-0.2, -0.15) is 0 Å². The van der Waals surface area contributed by atoms with E-state index in [1.54, 1.807) is 6.20 Å². The van der Waals surface area contributed by atoms with Crippen LogP contribution in [-0.2, 0) is 17.7 Å². The van der Waals surface area contributed by atoms with Gasteiger partial charge in [-0.3, -0.25) is 14.7 Å². The lowest BCUT2D eigenvalue weighted by molar-refractivity contribution is -0.0505. The molecule has 0 radical (unpaired) electrons. The third kappa shape index (κ3) is 3.49. The largest absolute Gasteiger partial charge is 0.373 e. The molecule has 2 aromatic rings. The number of rotatable bonds is 4. The molecule has 2 aliphatic heterocycles. The van der Waals surface area contributed by atoms with Crippen molar-refractivity contribution in [1.29, 1.82) is 0 Å². The van der Waals surface area contributed by atoms with Crippen molar-refractivity contribution >= 4 is 5.91 Å². The number of carbonyl (C=O) groups excluding carboxylic acids is 1. The lowest BCUT2D eigenvalue weighted by atomic mass is 10.1. The highest BCUT2D eigenvalue weighted by molar-refractivity contribution is 5.94. The molecule has 1 amide bonds. The Hall–Kier alpha value is -2.25. The van der Waals surface area contributed by atoms with Gasteiger partial charge in [0.2, 0.25) is 0 Å². The van der Waals surface area contributed by atoms with Crippen LogP contribution in [0.5, 0.6) is 0 Å². The highest BCUT2D eigenvalue weighted by Crippen LogP contribution is 2.27. The number of hydrogen-bond donors (Lipinski definition) is 0. The first-order valence-corrected chi connectivity index (χ1v) is 9.58. The second kappa shape index (κ2) is 7.40. The third-order valence-electron chi connectivity index (χ3n) is 5.68. The summed E-state index contributed by atoms with van der Waals surface area (Å²) in [5, 5.41) is 4.06. The minimum absolute atomic E-state index is 0.0282. The second-order valence-electron chi connectivity index (χ2n) is 7.35. The van der Waals surface area contributed by atoms with Crippen LogP contribution in [0.4, 0.5) is 0 Å². The number of carbonyl (C=O) groups is 1. The van der Waals surface area contributed by atoms with Gasteiger partial charge in [-0.1, -0.05) is 12.1 Å². The summed E-state index contributed by atoms with van der Waals surface area (Å²) in [6.45, 7) is 9.57. The summed E-state index contributed by atoms with van der Waals surface area (Å²) in [6, 6.07) is 3.99. The van der Waals surface area contributed by atoms with Gasteiger partial charge in [-0.15, -0.1) is 0 Å². The lowest BCUT2D eigenvalue weighted by Crippen LogP contribution is -2.50. The van der Waals surface area contributed by atoms with Crippen molar-refractivity contribution in [3.05, 3.63) is 46.6 Å². The topological polar surface area (TPSA) is 71.7 Å². The van der Waals surface area contributed by atoms with Crippen LogP contribution in [0.1, 0.15) is 40.0 Å². The van der Waals surface area contributed by atoms with E-state index < -0.39 is 0 Å². The van der Waals surface area contributed by atoms with Crippen LogP contribution in [0, 0.1) is 13.8 Å². The fourth-order valence-corrected chi connectivity index (χ4v) is 3.99. The molecule has 7 heteroatoms. The van der Waals surface area contributed by atoms with Crippen LogP contribution in [0.3, 0.4) is 0 Å². The Bertz CT molecular complexity index is 798. The van der Waals surface area contributed by atoms with E-state index >= 15 is 0 Å². The Morgan fingerprint density at radius 1 is 1.30 bits per heavy atom. The van der Waals surface area contributed by atoms with Crippen LogP contribution in [0.2, 0.25) is 0 Å². The smallest absolute Gasteiger partial charge is 0.255 e. The Balaban J connectivity index is 1.47. The molecule has 27 heavy (non-hydrogen) atoms. The number of aryl methyl sites for hydroxylation is 3. The van der Waals surface area contributed by atoms with Gasteiger partial charge in [-0.25, -0.2) is 0 Å². The van der Waals surface area contributed by atoms with E-state index in [9.17, 15) is 4.79 Å². The predicted molar refractivity (Wildman–Crippen MR) is 99.4 cm³/mol. The zero-order valence-corrected chi connectivity index (χ0v) is 16.1. The van der Waals surface area contributed by atoms with Crippen molar-refractivity contribution in [3.63, 3.8) is 0 Å². The van der Waals surface area contributed by atoms with E-state index in [2.05, 4.69) is 22.0 Å². The Kier molecular flexibility index (Phi) is 4.97. The molecule has 144 valence electrons. The summed E-state index contributed by atoms with van der Waals surface area (Å²) < 4.78 is 11.3. The van der Waals surface area contributed by atoms with Crippen LogP contribution >= 0.6 is 0 Å². The molecule has 2 atom stereocenters. The summed E-state index contributed by atoms with van der Waals surface area (Å²) in [6.07, 6.45) is 2.60. The quantitative estimate of drug-likeness (QED) is 0.819. The molecule has 2 aliphatic rings. The van der Waals surface area contributed by atoms with E-state index in [0.29, 0.717) is 25.3 Å². The monoisotopic (exact) mass is 370 g/mol. The fourth-order valence-electron chi connectivity index (χ4n) is 3.99. The number of morpholine rings is 1. The number of hydrogen-bond acceptors (Lipinski definition) is 6. The molecule has 2 unspecified atom stereocenters. The normalized spacial score (nSPS) is 22.9. The lowest BCUT2D eigenvalue weighted by Gasteiger charge is -2.36. The van der Waals surface area contributed by atoms with Crippen molar-refractivity contribution in [2.24, 2.45) is 0 Å². The predicted octanol–water partition coefficient (Wildman–Crippen LogP) is 1.97. The first kappa shape index (κ1) is 18.1. The summed E-state index contributed by atoms with van der Waals surface area (Å²) in [5.41, 5.74) is 3.71. The number of likely N-dealkylation sites (tertiary alicyclic amines) is 1. The number of fused-ring (bicyclic) bond motifs is 1. The molecule has 4 heterocycles. The van der Waals surface area contributed by atoms with Gasteiger partial charge in [0.15, 0.2) is 0 Å². The standard InChI is InChI=1S/C20H26N4O3/c1-4-16-6-5-15(9-21-16)20(25)24-11-18-19(12-24)26-8-7-23(18)10-17-13(2)22-27-14(17)3/h5-6,9,18-19H,4,7-8,10-12H2,1-3H3. The van der Waals surface area contributed by atoms with E-state index in [1.165, 1.54) is 0 Å². The van der Waals surface area contributed by atoms with E-state index in [1.807, 2.05) is 30.9 Å². The van der Waals surface area contributed by atoms with Crippen LogP contribution in [0.25, 0.3) is 0 Å². The molecule has 2 fully saturated rings. The highest BCUT2D eigenvalue weighted by atomic mass is 16.5. The second-order valence-corrected chi connectivity index (χ2v) is 7.35. The van der Waals surface area contributed by atoms with E-state index in [4.69, 9.17) is 9.26 Å². The summed E-state index contributed by atoms with van der Waals surface area (Å²) in [5.74, 6) is 0.893. The van der Waals surface area contributed by atoms with Gasteiger partial charge in [-0.05, 0) is 32.4 Å². The summed E-state index contributed by atoms with van der Waals surface area (Å²) in [4.78, 5) is 21.6. The summed E-state index contributed by atoms with van der Waals surface area (Å²) in [7, 11) is 0. The molecule has 2 aromatic heterocycles. The molecule has 0 N–H and O–H groups in total. The van der Waals surface area contributed by atoms with Gasteiger partial charge in [0.25, 0.3) is 5.91 Å². The number of aromatic nitrogens is 2. The first-order chi connectivity index (χ1) is 13.1. The number of nitrogens with zero attached hydrogens (tertiary/aromatic N) is 4. The van der Waals surface area contributed by atoms with Gasteiger partial charge in [0.1, 0.15) is 5.76 Å². The van der Waals surface area contributed by atoms with Gasteiger partial charge < -0.3 is 14.2 Å². The van der Waals surface area contributed by atoms with Crippen molar-refractivity contribution in [2.45, 2.75) is 45.9 Å². The number of amides is 1. The molecule has 0 aromatic carbocycles. The molecular weight excluding hydrogens is 344 g/mol. The first-order valence-electron chi connectivity index (χ1n) is 9.58. The zero-order chi connectivity index (χ0) is 19.0. The SMILES string of the molecule is CCc1ccc(C(=O)N2CC3OCCN(Cc4c(C)noc4C)C3C2)cn1. The maximum Gasteiger partial charge on any atom is 0.255 e. The molecule has 0 bridgehead atoms. The van der Waals surface area contributed by atoms with E-state index in [-0.39, 0.29) is 18.1 Å². The van der Waals surface area contributed by atoms with Crippen molar-refractivity contribution in [2.75, 3.05) is 26.2 Å². The molecule has 7 nitrogen and oxygen atoms in total. The number of ether oxygens (including phenoxy) is 1. The van der Waals surface area contributed by atoms with Crippen molar-refractivity contribution < 1.29 is 14.1 Å². The van der Waals surface area contributed by atoms with Crippen LogP contribution < -0.4 is 0 Å². The maximum absolute atomic E-state index is 12.9. The van der Waals surface area contributed by atoms with Crippen molar-refractivity contribution in [1.82, 2.24) is 19.9 Å². The zero-order valence-electron chi connectivity index (χ0n) is 16.1. The minimum Gasteiger partial charge on any atom is -0.373 e. The van der Waals surface area contributed by atoms with Crippen LogP contribution in [-0.4, -0.2) is 64.2 Å². The Morgan fingerprint density at radius 3 is 2.81 bits per heavy atom. The molecule has 2 saturated heterocycles. The highest BCUT2D eigenvalue weighted by Gasteiger charge is 2.42. The van der Waals surface area contributed by atoms with Gasteiger partial charge in [0, 0.05) is 43.6 Å².